The van der Waals surface area contributed by atoms with Crippen molar-refractivity contribution in [3.05, 3.63) is 24.0 Å². The second-order valence-electron chi connectivity index (χ2n) is 6.74. The molecule has 24 heavy (non-hydrogen) atoms. The highest BCUT2D eigenvalue weighted by Crippen LogP contribution is 2.32. The van der Waals surface area contributed by atoms with Crippen LogP contribution in [0.25, 0.3) is 0 Å². The van der Waals surface area contributed by atoms with Crippen LogP contribution in [0.3, 0.4) is 0 Å². The van der Waals surface area contributed by atoms with Crippen molar-refractivity contribution in [2.24, 2.45) is 11.1 Å². The van der Waals surface area contributed by atoms with E-state index < -0.39 is 25.9 Å². The highest BCUT2D eigenvalue weighted by atomic mass is 32.2. The molecule has 0 bridgehead atoms. The van der Waals surface area contributed by atoms with E-state index >= 15 is 0 Å². The van der Waals surface area contributed by atoms with E-state index in [4.69, 9.17) is 5.73 Å². The molecule has 0 radical (unpaired) electrons. The van der Waals surface area contributed by atoms with Crippen molar-refractivity contribution in [1.82, 2.24) is 4.31 Å². The Morgan fingerprint density at radius 2 is 1.92 bits per heavy atom. The van der Waals surface area contributed by atoms with Gasteiger partial charge in [-0.05, 0) is 30.0 Å². The maximum absolute atomic E-state index is 14.1. The average molecular weight is 379 g/mol. The molecule has 1 fully saturated rings. The standard InChI is InChI=1S/C14H22FN3O4S2/c1-14(2)9-18(7-6-13(14)16)24(21,22)10-4-5-12(11(15)8-10)17-23(3,19)20/h4-5,8,13,17H,6-7,9,16H2,1-3H3. The number of nitrogens with zero attached hydrogens (tertiary/aromatic N) is 1. The molecular formula is C14H22FN3O4S2. The third-order valence-electron chi connectivity index (χ3n) is 4.15. The number of benzene rings is 1. The van der Waals surface area contributed by atoms with Crippen LogP contribution in [0.5, 0.6) is 0 Å². The number of anilines is 1. The van der Waals surface area contributed by atoms with Gasteiger partial charge in [0.2, 0.25) is 20.0 Å². The number of sulfonamides is 2. The lowest BCUT2D eigenvalue weighted by molar-refractivity contribution is 0.155. The van der Waals surface area contributed by atoms with Gasteiger partial charge in [-0.15, -0.1) is 0 Å². The number of hydrogen-bond donors (Lipinski definition) is 2. The van der Waals surface area contributed by atoms with E-state index in [1.165, 1.54) is 10.4 Å². The first-order valence-corrected chi connectivity index (χ1v) is 10.7. The Balaban J connectivity index is 2.32. The maximum atomic E-state index is 14.1. The topological polar surface area (TPSA) is 110 Å². The van der Waals surface area contributed by atoms with Gasteiger partial charge < -0.3 is 5.73 Å². The zero-order valence-electron chi connectivity index (χ0n) is 13.8. The van der Waals surface area contributed by atoms with Gasteiger partial charge in [-0.2, -0.15) is 4.31 Å². The van der Waals surface area contributed by atoms with Gasteiger partial charge in [-0.1, -0.05) is 13.8 Å². The molecular weight excluding hydrogens is 357 g/mol. The lowest BCUT2D eigenvalue weighted by Crippen LogP contribution is -2.53. The monoisotopic (exact) mass is 379 g/mol. The van der Waals surface area contributed by atoms with E-state index in [1.807, 2.05) is 18.6 Å². The molecule has 10 heteroatoms. The normalized spacial score (nSPS) is 22.3. The summed E-state index contributed by atoms with van der Waals surface area (Å²) in [5.74, 6) is -0.950. The summed E-state index contributed by atoms with van der Waals surface area (Å²) in [5, 5.41) is 0. The van der Waals surface area contributed by atoms with E-state index in [2.05, 4.69) is 0 Å². The van der Waals surface area contributed by atoms with Crippen molar-refractivity contribution in [3.8, 4) is 0 Å². The summed E-state index contributed by atoms with van der Waals surface area (Å²) in [6.07, 6.45) is 1.40. The predicted octanol–water partition coefficient (Wildman–Crippen LogP) is 0.945. The average Bonchev–Trinajstić information content (AvgIpc) is 2.42. The molecule has 1 aromatic carbocycles. The summed E-state index contributed by atoms with van der Waals surface area (Å²) in [4.78, 5) is -0.217. The maximum Gasteiger partial charge on any atom is 0.243 e. The van der Waals surface area contributed by atoms with Gasteiger partial charge in [0.1, 0.15) is 5.82 Å². The van der Waals surface area contributed by atoms with E-state index in [0.717, 1.165) is 18.4 Å². The molecule has 0 aliphatic carbocycles. The highest BCUT2D eigenvalue weighted by molar-refractivity contribution is 7.92. The van der Waals surface area contributed by atoms with Gasteiger partial charge >= 0.3 is 0 Å². The Morgan fingerprint density at radius 3 is 2.42 bits per heavy atom. The fourth-order valence-electron chi connectivity index (χ4n) is 2.62. The van der Waals surface area contributed by atoms with Gasteiger partial charge in [0.05, 0.1) is 16.8 Å². The molecule has 136 valence electrons. The first-order chi connectivity index (χ1) is 10.8. The molecule has 1 aromatic rings. The quantitative estimate of drug-likeness (QED) is 0.809. The molecule has 0 spiro atoms. The fraction of sp³-hybridized carbons (Fsp3) is 0.571. The Bertz CT molecular complexity index is 838. The van der Waals surface area contributed by atoms with Gasteiger partial charge in [0.15, 0.2) is 0 Å². The Morgan fingerprint density at radius 1 is 1.29 bits per heavy atom. The lowest BCUT2D eigenvalue weighted by Gasteiger charge is -2.41. The number of rotatable bonds is 4. The van der Waals surface area contributed by atoms with Crippen LogP contribution < -0.4 is 10.5 Å². The summed E-state index contributed by atoms with van der Waals surface area (Å²) in [7, 11) is -7.53. The van der Waals surface area contributed by atoms with Crippen molar-refractivity contribution in [3.63, 3.8) is 0 Å². The molecule has 0 saturated carbocycles. The van der Waals surface area contributed by atoms with Crippen LogP contribution in [0, 0.1) is 11.2 Å². The first kappa shape index (κ1) is 19.1. The third kappa shape index (κ3) is 4.05. The predicted molar refractivity (Wildman–Crippen MR) is 90.0 cm³/mol. The summed E-state index contributed by atoms with van der Waals surface area (Å²) in [6.45, 7) is 4.28. The number of nitrogens with one attached hydrogen (secondary N) is 1. The molecule has 0 aromatic heterocycles. The largest absolute Gasteiger partial charge is 0.327 e. The minimum absolute atomic E-state index is 0.109. The number of nitrogens with two attached hydrogens (primary N) is 1. The molecule has 2 rings (SSSR count). The smallest absolute Gasteiger partial charge is 0.243 e. The Kier molecular flexibility index (Phi) is 4.97. The van der Waals surface area contributed by atoms with Crippen molar-refractivity contribution in [2.75, 3.05) is 24.1 Å². The molecule has 1 atom stereocenters. The van der Waals surface area contributed by atoms with Crippen LogP contribution >= 0.6 is 0 Å². The van der Waals surface area contributed by atoms with E-state index in [0.29, 0.717) is 6.42 Å². The minimum Gasteiger partial charge on any atom is -0.327 e. The summed E-state index contributed by atoms with van der Waals surface area (Å²) >= 11 is 0. The first-order valence-electron chi connectivity index (χ1n) is 7.36. The second-order valence-corrected chi connectivity index (χ2v) is 10.4. The SMILES string of the molecule is CC1(C)CN(S(=O)(=O)c2ccc(NS(C)(=O)=O)c(F)c2)CCC1N. The summed E-state index contributed by atoms with van der Waals surface area (Å²) in [6, 6.07) is 3.00. The van der Waals surface area contributed by atoms with Crippen molar-refractivity contribution in [2.45, 2.75) is 31.2 Å². The number of piperidine rings is 1. The van der Waals surface area contributed by atoms with Crippen LogP contribution in [0.4, 0.5) is 10.1 Å². The summed E-state index contributed by atoms with van der Waals surface area (Å²) in [5.41, 5.74) is 5.33. The highest BCUT2D eigenvalue weighted by Gasteiger charge is 2.39. The van der Waals surface area contributed by atoms with Crippen LogP contribution in [0.2, 0.25) is 0 Å². The van der Waals surface area contributed by atoms with E-state index in [9.17, 15) is 21.2 Å². The lowest BCUT2D eigenvalue weighted by atomic mass is 9.81. The zero-order chi connectivity index (χ0) is 18.3. The molecule has 1 saturated heterocycles. The fourth-order valence-corrected chi connectivity index (χ4v) is 4.82. The minimum atomic E-state index is -3.88. The van der Waals surface area contributed by atoms with Crippen LogP contribution in [-0.4, -0.2) is 46.5 Å². The number of halogens is 1. The molecule has 1 unspecified atom stereocenters. The molecule has 1 heterocycles. The van der Waals surface area contributed by atoms with Gasteiger partial charge in [-0.25, -0.2) is 21.2 Å². The molecule has 1 aliphatic rings. The van der Waals surface area contributed by atoms with Crippen LogP contribution in [0.1, 0.15) is 20.3 Å². The van der Waals surface area contributed by atoms with E-state index in [1.54, 1.807) is 0 Å². The zero-order valence-corrected chi connectivity index (χ0v) is 15.4. The third-order valence-corrected chi connectivity index (χ3v) is 6.58. The molecule has 1 aliphatic heterocycles. The van der Waals surface area contributed by atoms with Gasteiger partial charge in [0.25, 0.3) is 0 Å². The number of hydrogen-bond acceptors (Lipinski definition) is 5. The van der Waals surface area contributed by atoms with Crippen molar-refractivity contribution < 1.29 is 21.2 Å². The Hall–Kier alpha value is -1.23. The molecule has 7 nitrogen and oxygen atoms in total. The van der Waals surface area contributed by atoms with E-state index in [-0.39, 0.29) is 35.1 Å². The van der Waals surface area contributed by atoms with Crippen molar-refractivity contribution >= 4 is 25.7 Å². The molecule has 3 N–H and O–H groups in total. The van der Waals surface area contributed by atoms with Crippen LogP contribution in [0.15, 0.2) is 23.1 Å². The van der Waals surface area contributed by atoms with Gasteiger partial charge in [0, 0.05) is 19.1 Å². The van der Waals surface area contributed by atoms with Gasteiger partial charge in [-0.3, -0.25) is 4.72 Å². The molecule has 0 amide bonds. The summed E-state index contributed by atoms with van der Waals surface area (Å²) < 4.78 is 65.1. The Labute approximate surface area is 142 Å². The second kappa shape index (κ2) is 6.25. The van der Waals surface area contributed by atoms with Crippen molar-refractivity contribution in [1.29, 1.82) is 0 Å². The van der Waals surface area contributed by atoms with Crippen LogP contribution in [-0.2, 0) is 20.0 Å².